The number of hydrogen-bond donors (Lipinski definition) is 0. The second-order valence-corrected chi connectivity index (χ2v) is 23.9. The van der Waals surface area contributed by atoms with Gasteiger partial charge in [-0.1, -0.05) is 267 Å². The van der Waals surface area contributed by atoms with Crippen molar-refractivity contribution >= 4 is 79.4 Å². The zero-order chi connectivity index (χ0) is 57.4. The summed E-state index contributed by atoms with van der Waals surface area (Å²) in [6, 6.07) is 54.1. The van der Waals surface area contributed by atoms with Crippen molar-refractivity contribution in [1.82, 2.24) is 19.5 Å². The Hall–Kier alpha value is -8.56. The molecule has 0 aliphatic carbocycles. The van der Waals surface area contributed by atoms with Gasteiger partial charge in [-0.05, 0) is 53.6 Å². The van der Waals surface area contributed by atoms with Gasteiger partial charge in [-0.15, -0.1) is 0 Å². The SMILES string of the molecule is [2H]c1c([2H])c([2H])c([Si](c2ccccc2)(c2ccccc2)c2c([2H])c([2H])c([2H])c(-c3nc(-c4c([2H])c([2H])c([2H])c([Si](c5ccccc5)(c5ccccc5)c5ccccc5)c4[2H])nc(-n4c5ccccc5c5ccccc54)n3)c2[2H])c([2H])c1[2H]. The molecule has 0 bridgehead atoms. The molecule has 0 amide bonds. The van der Waals surface area contributed by atoms with Gasteiger partial charge in [0.25, 0.3) is 0 Å². The van der Waals surface area contributed by atoms with Crippen molar-refractivity contribution in [2.45, 2.75) is 0 Å². The first kappa shape index (κ1) is 30.0. The summed E-state index contributed by atoms with van der Waals surface area (Å²) < 4.78 is 128. The van der Waals surface area contributed by atoms with Crippen LogP contribution in [0.4, 0.5) is 0 Å². The van der Waals surface area contributed by atoms with Crippen LogP contribution in [0.1, 0.15) is 17.8 Å². The topological polar surface area (TPSA) is 43.6 Å². The van der Waals surface area contributed by atoms with E-state index in [0.29, 0.717) is 21.4 Å². The first-order valence-corrected chi connectivity index (χ1v) is 26.5. The van der Waals surface area contributed by atoms with E-state index in [-0.39, 0.29) is 56.4 Å². The second kappa shape index (κ2) is 17.9. The first-order chi connectivity index (χ1) is 39.6. The largest absolute Gasteiger partial charge is 0.278 e. The van der Waals surface area contributed by atoms with Crippen LogP contribution in [0.15, 0.2) is 279 Å². The molecule has 0 unspecified atom stereocenters. The van der Waals surface area contributed by atoms with Gasteiger partial charge in [-0.3, -0.25) is 4.57 Å². The van der Waals surface area contributed by atoms with E-state index in [9.17, 15) is 13.7 Å². The number of para-hydroxylation sites is 2. The lowest BCUT2D eigenvalue weighted by molar-refractivity contribution is 0.953. The van der Waals surface area contributed by atoms with Crippen molar-refractivity contribution < 1.29 is 17.8 Å². The predicted octanol–water partition coefficient (Wildman–Crippen LogP) is 9.06. The molecule has 0 radical (unpaired) electrons. The summed E-state index contributed by atoms with van der Waals surface area (Å²) in [5.41, 5.74) is 0.662. The Morgan fingerprint density at radius 1 is 0.304 bits per heavy atom. The molecule has 2 aromatic heterocycles. The maximum Gasteiger partial charge on any atom is 0.238 e. The molecule has 12 rings (SSSR count). The van der Waals surface area contributed by atoms with Crippen molar-refractivity contribution in [2.24, 2.45) is 0 Å². The maximum absolute atomic E-state index is 10.6. The number of fused-ring (bicyclic) bond motifs is 3. The fourth-order valence-corrected chi connectivity index (χ4v) is 18.5. The summed E-state index contributed by atoms with van der Waals surface area (Å²) in [5.74, 6) is -0.777. The van der Waals surface area contributed by atoms with E-state index in [1.807, 2.05) is 140 Å². The van der Waals surface area contributed by atoms with E-state index < -0.39 is 82.6 Å². The van der Waals surface area contributed by atoms with Gasteiger partial charge in [0.05, 0.1) is 28.9 Å². The van der Waals surface area contributed by atoms with Gasteiger partial charge in [0.1, 0.15) is 0 Å². The summed E-state index contributed by atoms with van der Waals surface area (Å²) in [6.45, 7) is 0. The molecule has 0 atom stereocenters. The van der Waals surface area contributed by atoms with Crippen molar-refractivity contribution in [3.8, 4) is 28.7 Å². The number of rotatable bonds is 11. The molecule has 0 N–H and O–H groups in total. The van der Waals surface area contributed by atoms with Gasteiger partial charge in [0.15, 0.2) is 27.8 Å². The van der Waals surface area contributed by atoms with E-state index in [1.54, 1.807) is 65.2 Å². The lowest BCUT2D eigenvalue weighted by atomic mass is 10.2. The monoisotopic (exact) mass is 927 g/mol. The molecule has 0 aliphatic rings. The molecule has 10 aromatic carbocycles. The van der Waals surface area contributed by atoms with Gasteiger partial charge in [0, 0.05) is 21.9 Å². The molecular formula is C63H46N4Si2. The Morgan fingerprint density at radius 2 is 0.638 bits per heavy atom. The quantitative estimate of drug-likeness (QED) is 0.0962. The number of benzene rings is 10. The van der Waals surface area contributed by atoms with Crippen LogP contribution in [-0.2, 0) is 0 Å². The molecule has 0 saturated heterocycles. The van der Waals surface area contributed by atoms with E-state index in [1.165, 1.54) is 0 Å². The number of nitrogens with zero attached hydrogens (tertiary/aromatic N) is 4. The van der Waals surface area contributed by atoms with Crippen LogP contribution in [0.2, 0.25) is 0 Å². The molecule has 12 aromatic rings. The molecule has 0 aliphatic heterocycles. The molecule has 0 fully saturated rings. The summed E-state index contributed by atoms with van der Waals surface area (Å²) in [7, 11) is -8.44. The first-order valence-electron chi connectivity index (χ1n) is 29.0. The minimum absolute atomic E-state index is 0.0843. The summed E-state index contributed by atoms with van der Waals surface area (Å²) in [6.07, 6.45) is 0. The number of aromatic nitrogens is 4. The van der Waals surface area contributed by atoms with Crippen molar-refractivity contribution in [3.63, 3.8) is 0 Å². The summed E-state index contributed by atoms with van der Waals surface area (Å²) in [5, 5.41) is 4.70. The Kier molecular flexibility index (Phi) is 7.78. The highest BCUT2D eigenvalue weighted by atomic mass is 28.3. The Morgan fingerprint density at radius 3 is 1.03 bits per heavy atom. The Balaban J connectivity index is 1.26. The maximum atomic E-state index is 10.6. The van der Waals surface area contributed by atoms with E-state index in [0.717, 1.165) is 26.3 Å². The summed E-state index contributed by atoms with van der Waals surface area (Å²) in [4.78, 5) is 15.3. The van der Waals surface area contributed by atoms with Gasteiger partial charge in [-0.2, -0.15) is 9.97 Å². The molecule has 326 valence electrons. The third-order valence-corrected chi connectivity index (χ3v) is 21.8. The molecular weight excluding hydrogens is 869 g/mol. The normalized spacial score (nSPS) is 14.4. The van der Waals surface area contributed by atoms with Crippen LogP contribution < -0.4 is 41.5 Å². The molecule has 69 heavy (non-hydrogen) atoms. The zero-order valence-electron chi connectivity index (χ0n) is 49.8. The standard InChI is InChI=1S/C63H46N4Si2/c1-7-27-49(28-8-1)68(50-29-9-2-10-30-50,51-31-11-3-12-32-51)55-39-23-25-47(45-55)61-64-62(66-63(65-61)67-59-43-21-19-41-57(59)58-42-20-22-44-60(58)67)48-26-24-40-56(46-48)69(52-33-13-4-14-34-52,53-35-15-5-16-36-53)54-37-17-6-18-38-54/h1-46H/i1D,7D,8D,23D,24D,25D,26D,27D,28D,39D,40D,45D,46D. The molecule has 4 nitrogen and oxygen atoms in total. The molecule has 6 heteroatoms. The van der Waals surface area contributed by atoms with Crippen LogP contribution in [0.5, 0.6) is 0 Å². The average Bonchev–Trinajstić information content (AvgIpc) is 1.47. The van der Waals surface area contributed by atoms with Crippen molar-refractivity contribution in [1.29, 1.82) is 0 Å². The van der Waals surface area contributed by atoms with E-state index in [2.05, 4.69) is 0 Å². The van der Waals surface area contributed by atoms with E-state index >= 15 is 0 Å². The zero-order valence-corrected chi connectivity index (χ0v) is 38.8. The van der Waals surface area contributed by atoms with Crippen LogP contribution in [-0.4, -0.2) is 35.7 Å². The second-order valence-electron chi connectivity index (χ2n) is 16.5. The van der Waals surface area contributed by atoms with Gasteiger partial charge in [0.2, 0.25) is 5.95 Å². The van der Waals surface area contributed by atoms with Gasteiger partial charge >= 0.3 is 0 Å². The molecule has 0 spiro atoms. The molecule has 0 saturated carbocycles. The highest BCUT2D eigenvalue weighted by molar-refractivity contribution is 7.20. The highest BCUT2D eigenvalue weighted by Crippen LogP contribution is 2.32. The Labute approximate surface area is 422 Å². The third-order valence-electron chi connectivity index (χ3n) is 12.8. The van der Waals surface area contributed by atoms with E-state index in [4.69, 9.17) is 19.1 Å². The van der Waals surface area contributed by atoms with Gasteiger partial charge < -0.3 is 0 Å². The fraction of sp³-hybridized carbons (Fsp3) is 0. The van der Waals surface area contributed by atoms with Gasteiger partial charge in [-0.25, -0.2) is 4.98 Å². The minimum Gasteiger partial charge on any atom is -0.278 e. The molecule has 2 heterocycles. The van der Waals surface area contributed by atoms with Crippen molar-refractivity contribution in [2.75, 3.05) is 0 Å². The Bertz CT molecular complexity index is 4280. The van der Waals surface area contributed by atoms with Crippen LogP contribution >= 0.6 is 0 Å². The minimum atomic E-state index is -4.61. The van der Waals surface area contributed by atoms with Crippen LogP contribution in [0.3, 0.4) is 0 Å². The lowest BCUT2D eigenvalue weighted by Gasteiger charge is -2.34. The number of hydrogen-bond acceptors (Lipinski definition) is 3. The van der Waals surface area contributed by atoms with Crippen molar-refractivity contribution in [3.05, 3.63) is 279 Å². The predicted molar refractivity (Wildman–Crippen MR) is 292 cm³/mol. The highest BCUT2D eigenvalue weighted by Gasteiger charge is 2.43. The fourth-order valence-electron chi connectivity index (χ4n) is 9.79. The average molecular weight is 928 g/mol. The third kappa shape index (κ3) is 7.17. The van der Waals surface area contributed by atoms with Crippen LogP contribution in [0, 0.1) is 0 Å². The summed E-state index contributed by atoms with van der Waals surface area (Å²) >= 11 is 0. The lowest BCUT2D eigenvalue weighted by Crippen LogP contribution is -2.74. The van der Waals surface area contributed by atoms with Crippen LogP contribution in [0.25, 0.3) is 50.5 Å². The smallest absolute Gasteiger partial charge is 0.238 e.